The molecule has 0 spiro atoms. The molecule has 2 aliphatic rings. The Bertz CT molecular complexity index is 1350. The van der Waals surface area contributed by atoms with Gasteiger partial charge in [0.25, 0.3) is 11.8 Å². The van der Waals surface area contributed by atoms with Crippen LogP contribution in [0.2, 0.25) is 0 Å². The predicted molar refractivity (Wildman–Crippen MR) is 153 cm³/mol. The molecule has 2 aliphatic heterocycles. The third-order valence-electron chi connectivity index (χ3n) is 7.30. The second kappa shape index (κ2) is 12.3. The van der Waals surface area contributed by atoms with E-state index in [4.69, 9.17) is 9.47 Å². The van der Waals surface area contributed by atoms with Crippen molar-refractivity contribution in [1.82, 2.24) is 9.80 Å². The normalized spacial score (nSPS) is 16.6. The average Bonchev–Trinajstić information content (AvgIpc) is 2.96. The molecule has 0 radical (unpaired) electrons. The Balaban J connectivity index is 1.27. The number of ether oxygens (including phenoxy) is 2. The average molecular weight is 526 g/mol. The number of amides is 2. The van der Waals surface area contributed by atoms with Crippen LogP contribution in [0.1, 0.15) is 33.5 Å². The number of carbonyl (C=O) groups excluding carboxylic acids is 2. The van der Waals surface area contributed by atoms with Gasteiger partial charge in [0.1, 0.15) is 0 Å². The Kier molecular flexibility index (Phi) is 8.39. The van der Waals surface area contributed by atoms with Gasteiger partial charge in [-0.3, -0.25) is 19.4 Å². The second-order valence-corrected chi connectivity index (χ2v) is 10.1. The molecule has 0 N–H and O–H groups in total. The zero-order valence-corrected chi connectivity index (χ0v) is 22.6. The van der Waals surface area contributed by atoms with Crippen molar-refractivity contribution in [1.29, 1.82) is 0 Å². The van der Waals surface area contributed by atoms with Gasteiger partial charge in [0, 0.05) is 38.8 Å². The van der Waals surface area contributed by atoms with Crippen molar-refractivity contribution in [3.8, 4) is 5.75 Å². The van der Waals surface area contributed by atoms with Crippen molar-refractivity contribution in [3.05, 3.63) is 101 Å². The monoisotopic (exact) mass is 525 g/mol. The summed E-state index contributed by atoms with van der Waals surface area (Å²) < 4.78 is 11.4. The molecule has 0 aromatic heterocycles. The van der Waals surface area contributed by atoms with Gasteiger partial charge in [0.2, 0.25) is 0 Å². The van der Waals surface area contributed by atoms with Crippen LogP contribution in [-0.4, -0.2) is 68.1 Å². The van der Waals surface area contributed by atoms with E-state index in [1.54, 1.807) is 28.0 Å². The first-order valence-corrected chi connectivity index (χ1v) is 13.5. The summed E-state index contributed by atoms with van der Waals surface area (Å²) in [5, 5.41) is 0. The van der Waals surface area contributed by atoms with Gasteiger partial charge in [-0.25, -0.2) is 0 Å². The highest BCUT2D eigenvalue weighted by atomic mass is 16.5. The van der Waals surface area contributed by atoms with E-state index in [0.717, 1.165) is 61.6 Å². The van der Waals surface area contributed by atoms with Crippen LogP contribution in [-0.2, 0) is 16.1 Å². The third-order valence-corrected chi connectivity index (χ3v) is 7.30. The fraction of sp³-hybridized carbons (Fsp3) is 0.312. The van der Waals surface area contributed by atoms with Crippen molar-refractivity contribution in [2.75, 3.05) is 51.3 Å². The number of rotatable bonds is 8. The molecule has 1 fully saturated rings. The van der Waals surface area contributed by atoms with Crippen LogP contribution in [0.3, 0.4) is 0 Å². The van der Waals surface area contributed by atoms with Gasteiger partial charge in [-0.15, -0.1) is 0 Å². The molecule has 0 unspecified atom stereocenters. The van der Waals surface area contributed by atoms with Gasteiger partial charge in [0.15, 0.2) is 11.5 Å². The summed E-state index contributed by atoms with van der Waals surface area (Å²) in [4.78, 5) is 32.4. The fourth-order valence-electron chi connectivity index (χ4n) is 4.93. The highest BCUT2D eigenvalue weighted by molar-refractivity contribution is 6.09. The van der Waals surface area contributed by atoms with Gasteiger partial charge in [-0.05, 0) is 60.4 Å². The lowest BCUT2D eigenvalue weighted by molar-refractivity contribution is -0.117. The lowest BCUT2D eigenvalue weighted by Gasteiger charge is -2.31. The SMILES string of the molecule is Cc1ccccc1CN1C(=O)/C(=C/c2ccc(C(=O)N(C)CCCN3CCOCC3)cc2)Oc2ccccc21. The van der Waals surface area contributed by atoms with Gasteiger partial charge in [0.05, 0.1) is 25.4 Å². The molecule has 7 heteroatoms. The number of fused-ring (bicyclic) bond motifs is 1. The van der Waals surface area contributed by atoms with E-state index in [0.29, 0.717) is 24.4 Å². The summed E-state index contributed by atoms with van der Waals surface area (Å²) in [6.45, 7) is 7.64. The van der Waals surface area contributed by atoms with Crippen LogP contribution in [0.5, 0.6) is 5.75 Å². The Hall–Kier alpha value is -3.94. The first-order valence-electron chi connectivity index (χ1n) is 13.5. The van der Waals surface area contributed by atoms with Crippen LogP contribution in [0.25, 0.3) is 6.08 Å². The molecule has 5 rings (SSSR count). The summed E-state index contributed by atoms with van der Waals surface area (Å²) >= 11 is 0. The lowest BCUT2D eigenvalue weighted by Crippen LogP contribution is -2.38. The Morgan fingerprint density at radius 2 is 1.69 bits per heavy atom. The maximum Gasteiger partial charge on any atom is 0.294 e. The van der Waals surface area contributed by atoms with Gasteiger partial charge < -0.3 is 14.4 Å². The van der Waals surface area contributed by atoms with Gasteiger partial charge in [-0.1, -0.05) is 48.5 Å². The van der Waals surface area contributed by atoms with Crippen molar-refractivity contribution in [2.24, 2.45) is 0 Å². The molecule has 1 saturated heterocycles. The third kappa shape index (κ3) is 6.38. The zero-order valence-electron chi connectivity index (χ0n) is 22.6. The molecule has 39 heavy (non-hydrogen) atoms. The summed E-state index contributed by atoms with van der Waals surface area (Å²) in [6, 6.07) is 23.0. The summed E-state index contributed by atoms with van der Waals surface area (Å²) in [5.74, 6) is 0.681. The largest absolute Gasteiger partial charge is 0.449 e. The van der Waals surface area contributed by atoms with E-state index >= 15 is 0 Å². The van der Waals surface area contributed by atoms with Crippen molar-refractivity contribution >= 4 is 23.6 Å². The van der Waals surface area contributed by atoms with E-state index in [1.165, 1.54) is 0 Å². The molecular formula is C32H35N3O4. The molecular weight excluding hydrogens is 490 g/mol. The van der Waals surface area contributed by atoms with Crippen molar-refractivity contribution < 1.29 is 19.1 Å². The smallest absolute Gasteiger partial charge is 0.294 e. The minimum atomic E-state index is -0.197. The maximum absolute atomic E-state index is 13.5. The number of aryl methyl sites for hydroxylation is 1. The number of benzene rings is 3. The molecule has 2 heterocycles. The van der Waals surface area contributed by atoms with Crippen LogP contribution >= 0.6 is 0 Å². The highest BCUT2D eigenvalue weighted by Gasteiger charge is 2.30. The Morgan fingerprint density at radius 1 is 0.974 bits per heavy atom. The first-order chi connectivity index (χ1) is 19.0. The van der Waals surface area contributed by atoms with Gasteiger partial charge in [-0.2, -0.15) is 0 Å². The summed E-state index contributed by atoms with van der Waals surface area (Å²) in [7, 11) is 1.84. The lowest BCUT2D eigenvalue weighted by atomic mass is 10.1. The van der Waals surface area contributed by atoms with E-state index in [9.17, 15) is 9.59 Å². The van der Waals surface area contributed by atoms with Crippen LogP contribution in [0.4, 0.5) is 5.69 Å². The van der Waals surface area contributed by atoms with E-state index in [-0.39, 0.29) is 17.6 Å². The standard InChI is InChI=1S/C32H35N3O4/c1-24-8-3-4-9-27(24)23-35-28-10-5-6-11-29(28)39-30(32(35)37)22-25-12-14-26(15-13-25)31(36)33(2)16-7-17-34-18-20-38-21-19-34/h3-6,8-15,22H,7,16-21,23H2,1-2H3/b30-22-. The number of carbonyl (C=O) groups is 2. The number of morpholine rings is 1. The van der Waals surface area contributed by atoms with E-state index in [2.05, 4.69) is 4.90 Å². The van der Waals surface area contributed by atoms with E-state index in [1.807, 2.05) is 74.6 Å². The van der Waals surface area contributed by atoms with Crippen LogP contribution in [0.15, 0.2) is 78.6 Å². The Labute approximate surface area is 230 Å². The summed E-state index contributed by atoms with van der Waals surface area (Å²) in [5.41, 5.74) is 4.37. The first kappa shape index (κ1) is 26.7. The van der Waals surface area contributed by atoms with Crippen molar-refractivity contribution in [2.45, 2.75) is 19.9 Å². The van der Waals surface area contributed by atoms with Gasteiger partial charge >= 0.3 is 0 Å². The minimum Gasteiger partial charge on any atom is -0.449 e. The van der Waals surface area contributed by atoms with E-state index < -0.39 is 0 Å². The zero-order chi connectivity index (χ0) is 27.2. The topological polar surface area (TPSA) is 62.3 Å². The molecule has 0 bridgehead atoms. The van der Waals surface area contributed by atoms with Crippen LogP contribution < -0.4 is 9.64 Å². The number of para-hydroxylation sites is 2. The number of nitrogens with zero attached hydrogens (tertiary/aromatic N) is 3. The molecule has 2 amide bonds. The number of hydrogen-bond donors (Lipinski definition) is 0. The molecule has 3 aromatic carbocycles. The fourth-order valence-corrected chi connectivity index (χ4v) is 4.93. The Morgan fingerprint density at radius 3 is 2.46 bits per heavy atom. The molecule has 7 nitrogen and oxygen atoms in total. The molecule has 0 atom stereocenters. The molecule has 0 aliphatic carbocycles. The quantitative estimate of drug-likeness (QED) is 0.397. The number of hydrogen-bond acceptors (Lipinski definition) is 5. The molecule has 202 valence electrons. The number of anilines is 1. The molecule has 3 aromatic rings. The van der Waals surface area contributed by atoms with Crippen molar-refractivity contribution in [3.63, 3.8) is 0 Å². The predicted octanol–water partition coefficient (Wildman–Crippen LogP) is 4.76. The summed E-state index contributed by atoms with van der Waals surface area (Å²) in [6.07, 6.45) is 2.66. The minimum absolute atomic E-state index is 0.0143. The maximum atomic E-state index is 13.5. The molecule has 0 saturated carbocycles. The highest BCUT2D eigenvalue weighted by Crippen LogP contribution is 2.36. The second-order valence-electron chi connectivity index (χ2n) is 10.1. The van der Waals surface area contributed by atoms with Crippen LogP contribution in [0, 0.1) is 6.92 Å².